The van der Waals surface area contributed by atoms with Crippen LogP contribution in [-0.4, -0.2) is 248 Å². The highest BCUT2D eigenvalue weighted by Gasteiger charge is 2.30. The Morgan fingerprint density at radius 3 is 0.722 bits per heavy atom. The molecule has 710 valence electrons. The second-order valence-corrected chi connectivity index (χ2v) is 26.8. The first-order chi connectivity index (χ1) is 63.2. The fourth-order valence-electron chi connectivity index (χ4n) is 10.2. The molecule has 0 radical (unpaired) electrons. The van der Waals surface area contributed by atoms with E-state index in [0.717, 1.165) is 6.07 Å². The summed E-state index contributed by atoms with van der Waals surface area (Å²) in [6, 6.07) is 28.0. The van der Waals surface area contributed by atoms with Crippen molar-refractivity contribution in [1.29, 1.82) is 0 Å². The molecule has 5 N–H and O–H groups in total. The zero-order valence-electron chi connectivity index (χ0n) is 72.4. The van der Waals surface area contributed by atoms with Crippen molar-refractivity contribution in [2.24, 2.45) is 0 Å². The number of aliphatic hydroxyl groups is 4. The average molecular weight is 1860 g/mol. The lowest BCUT2D eigenvalue weighted by Gasteiger charge is -2.15. The first kappa shape index (κ1) is 109. The van der Waals surface area contributed by atoms with Crippen LogP contribution in [0.3, 0.4) is 0 Å². The number of benzene rings is 5. The number of carboxylic acids is 1. The first-order valence-electron chi connectivity index (χ1n) is 39.3. The number of ether oxygens (including phenoxy) is 13. The van der Waals surface area contributed by atoms with E-state index in [1.54, 1.807) is 31.2 Å². The molecule has 0 atom stereocenters. The van der Waals surface area contributed by atoms with E-state index in [1.165, 1.54) is 119 Å². The van der Waals surface area contributed by atoms with Crippen LogP contribution < -0.4 is 34.1 Å². The van der Waals surface area contributed by atoms with E-state index in [4.69, 9.17) is 77.6 Å². The van der Waals surface area contributed by atoms with Crippen LogP contribution in [0.15, 0.2) is 211 Å². The minimum atomic E-state index is -1.25. The van der Waals surface area contributed by atoms with Crippen molar-refractivity contribution in [1.82, 2.24) is 27.4 Å². The van der Waals surface area contributed by atoms with Gasteiger partial charge in [-0.1, -0.05) is 87.5 Å². The Kier molecular flexibility index (Phi) is 46.0. The lowest BCUT2D eigenvalue weighted by atomic mass is 10.1. The SMILES string of the molecule is C=C(C)C(=O)OCCO.C=C(C)C(=O)OCCOC(=O)c1cccc(C(=O)OCCn2c(=O)n(CCOC(=O)c3ccccc3C(=O)OCCOC(=O)C(=C)C)c(=O)n(CCOC(=O)c3ccccc3C(=O)OCCOC(=O)C(=C)C)c2=O)c1.C=C(C)C(=O)OCCOC(=O)c1ccccc1C(=O)O.O=C1OC(=O)c2ccccc21.O=c1n(CCO)c(=O)n(CCO)c(=O)n1CCO. The summed E-state index contributed by atoms with van der Waals surface area (Å²) in [5.41, 5.74) is -6.15. The molecule has 0 fully saturated rings. The summed E-state index contributed by atoms with van der Waals surface area (Å²) in [5, 5.41) is 43.5. The van der Waals surface area contributed by atoms with Gasteiger partial charge in [-0.3, -0.25) is 0 Å². The zero-order chi connectivity index (χ0) is 99.1. The second-order valence-electron chi connectivity index (χ2n) is 26.8. The monoisotopic (exact) mass is 1860 g/mol. The molecule has 0 bridgehead atoms. The van der Waals surface area contributed by atoms with Crippen LogP contribution in [-0.2, 0) is 125 Å². The van der Waals surface area contributed by atoms with Gasteiger partial charge in [0.15, 0.2) is 0 Å². The molecule has 45 heteroatoms. The standard InChI is InChI=1S/C51H51N3O21.C14H14O6.C9H15N3O6.C8H4O3.C6H10O3/c1-31(2)40(55)70-24-27-73-44(59)35-13-11-12-34(30-35)43(58)67-21-18-52-49(64)53(19-22-68-45(60)36-14-7-9-16-38(36)47(62)74-28-25-71-41(56)32(3)4)51(66)54(50(52)65)20-23-69-46(61)37-15-8-10-17-39(37)48(63)75-29-26-72-42(57)33(5)6;1-9(2)13(17)19-7-8-20-14(18)11-6-4-3-5-10(11)12(15)16;13-4-1-10-7(16)11(2-5-14)9(18)12(3-6-15)8(10)17;9-7-5-3-1-2-4-6(5)8(10)11-7;1-5(2)6(8)9-4-3-7/h7-17,30H,1,3,5,18-29H2,2,4,6H3;3-6H,1,7-8H2,2H3,(H,15,16);13-15H,1-6H2;1-4H;7H,1,3-4H2,2H3. The van der Waals surface area contributed by atoms with Crippen LogP contribution in [0.25, 0.3) is 0 Å². The third-order valence-electron chi connectivity index (χ3n) is 16.6. The topological polar surface area (TPSA) is 609 Å². The van der Waals surface area contributed by atoms with Gasteiger partial charge in [0, 0.05) is 27.9 Å². The van der Waals surface area contributed by atoms with E-state index in [0.29, 0.717) is 44.1 Å². The van der Waals surface area contributed by atoms with Crippen LogP contribution in [0.5, 0.6) is 0 Å². The van der Waals surface area contributed by atoms with Gasteiger partial charge in [0.05, 0.1) is 121 Å². The Morgan fingerprint density at radius 2 is 0.474 bits per heavy atom. The van der Waals surface area contributed by atoms with Crippen molar-refractivity contribution in [2.45, 2.75) is 73.9 Å². The number of esters is 14. The zero-order valence-corrected chi connectivity index (χ0v) is 72.4. The van der Waals surface area contributed by atoms with Gasteiger partial charge in [-0.15, -0.1) is 0 Å². The van der Waals surface area contributed by atoms with Crippen molar-refractivity contribution in [3.05, 3.63) is 301 Å². The van der Waals surface area contributed by atoms with Gasteiger partial charge in [-0.2, -0.15) is 0 Å². The fourth-order valence-corrected chi connectivity index (χ4v) is 10.2. The number of hydrogen-bond donors (Lipinski definition) is 5. The molecule has 2 aromatic heterocycles. The first-order valence-corrected chi connectivity index (χ1v) is 39.3. The summed E-state index contributed by atoms with van der Waals surface area (Å²) in [6.07, 6.45) is 0. The van der Waals surface area contributed by atoms with Crippen molar-refractivity contribution < 1.29 is 159 Å². The van der Waals surface area contributed by atoms with Gasteiger partial charge in [-0.05, 0) is 101 Å². The summed E-state index contributed by atoms with van der Waals surface area (Å²) in [7, 11) is 0. The molecule has 0 amide bonds. The molecule has 0 unspecified atom stereocenters. The molecule has 1 aliphatic rings. The number of hydrogen-bond acceptors (Lipinski definition) is 38. The number of carboxylic acid groups (broad SMARTS) is 1. The number of rotatable bonds is 42. The highest BCUT2D eigenvalue weighted by molar-refractivity contribution is 6.14. The van der Waals surface area contributed by atoms with Crippen LogP contribution in [0.4, 0.5) is 0 Å². The number of carbonyl (C=O) groups excluding carboxylic acids is 14. The Morgan fingerprint density at radius 1 is 0.263 bits per heavy atom. The minimum absolute atomic E-state index is 0.0473. The Balaban J connectivity index is 0.000000501. The van der Waals surface area contributed by atoms with Gasteiger partial charge in [0.25, 0.3) is 0 Å². The van der Waals surface area contributed by atoms with Gasteiger partial charge >= 0.3 is 124 Å². The molecular weight excluding hydrogens is 1760 g/mol. The Labute approximate surface area is 753 Å². The van der Waals surface area contributed by atoms with Crippen molar-refractivity contribution in [3.63, 3.8) is 0 Å². The average Bonchev–Trinajstić information content (AvgIpc) is 1.77. The molecular formula is C88H94N6O39. The molecule has 0 aliphatic carbocycles. The van der Waals surface area contributed by atoms with E-state index in [9.17, 15) is 101 Å². The largest absolute Gasteiger partial charge is 0.478 e. The quantitative estimate of drug-likeness (QED) is 0.0119. The Bertz CT molecular complexity index is 5620. The molecule has 8 rings (SSSR count). The maximum absolute atomic E-state index is 13.8. The molecule has 7 aromatic rings. The smallest absolute Gasteiger partial charge is 0.346 e. The number of aromatic carboxylic acids is 1. The van der Waals surface area contributed by atoms with Crippen LogP contribution >= 0.6 is 0 Å². The van der Waals surface area contributed by atoms with E-state index in [-0.39, 0.29) is 153 Å². The summed E-state index contributed by atoms with van der Waals surface area (Å²) < 4.78 is 67.9. The fraction of sp³-hybridized carbons (Fsp3) is 0.307. The lowest BCUT2D eigenvalue weighted by Crippen LogP contribution is -2.55. The van der Waals surface area contributed by atoms with Crippen molar-refractivity contribution in [2.75, 3.05) is 106 Å². The summed E-state index contributed by atoms with van der Waals surface area (Å²) in [4.78, 5) is 255. The van der Waals surface area contributed by atoms with Gasteiger partial charge in [-0.25, -0.2) is 128 Å². The highest BCUT2D eigenvalue weighted by Crippen LogP contribution is 2.20. The molecule has 133 heavy (non-hydrogen) atoms. The van der Waals surface area contributed by atoms with Crippen LogP contribution in [0.2, 0.25) is 0 Å². The highest BCUT2D eigenvalue weighted by atomic mass is 16.6. The van der Waals surface area contributed by atoms with Crippen LogP contribution in [0.1, 0.15) is 138 Å². The number of fused-ring (bicyclic) bond motifs is 1. The molecule has 1 aliphatic heterocycles. The van der Waals surface area contributed by atoms with E-state index in [1.807, 2.05) is 0 Å². The third kappa shape index (κ3) is 34.3. The number of aliphatic hydroxyl groups excluding tert-OH is 4. The maximum atomic E-state index is 13.8. The number of nitrogens with zero attached hydrogens (tertiary/aromatic N) is 6. The van der Waals surface area contributed by atoms with Crippen molar-refractivity contribution in [3.8, 4) is 0 Å². The molecule has 0 saturated carbocycles. The predicted molar refractivity (Wildman–Crippen MR) is 457 cm³/mol. The summed E-state index contributed by atoms with van der Waals surface area (Å²) in [6.45, 7) is 16.0. The molecule has 45 nitrogen and oxygen atoms in total. The molecule has 3 heterocycles. The maximum Gasteiger partial charge on any atom is 0.346 e. The number of aromatic nitrogens is 6. The lowest BCUT2D eigenvalue weighted by molar-refractivity contribution is -0.140. The van der Waals surface area contributed by atoms with Crippen molar-refractivity contribution >= 4 is 89.5 Å². The van der Waals surface area contributed by atoms with Crippen LogP contribution in [0, 0.1) is 0 Å². The summed E-state index contributed by atoms with van der Waals surface area (Å²) >= 11 is 0. The van der Waals surface area contributed by atoms with E-state index in [2.05, 4.69) is 42.4 Å². The van der Waals surface area contributed by atoms with E-state index >= 15 is 0 Å². The molecule has 0 saturated heterocycles. The predicted octanol–water partition coefficient (Wildman–Crippen LogP) is 1.48. The normalized spacial score (nSPS) is 10.6. The number of cyclic esters (lactones) is 2. The van der Waals surface area contributed by atoms with E-state index < -0.39 is 183 Å². The van der Waals surface area contributed by atoms with Gasteiger partial charge in [0.2, 0.25) is 0 Å². The second kappa shape index (κ2) is 56.1. The van der Waals surface area contributed by atoms with Gasteiger partial charge in [0.1, 0.15) is 79.3 Å². The Hall–Kier alpha value is -16.3. The van der Waals surface area contributed by atoms with Gasteiger partial charge < -0.3 is 87.1 Å². The number of carbonyl (C=O) groups is 15. The molecule has 0 spiro atoms. The third-order valence-corrected chi connectivity index (χ3v) is 16.6. The summed E-state index contributed by atoms with van der Waals surface area (Å²) in [5.74, 6) is -12.2. The minimum Gasteiger partial charge on any atom is -0.478 e. The molecule has 5 aromatic carbocycles.